The van der Waals surface area contributed by atoms with E-state index in [2.05, 4.69) is 36.6 Å². The summed E-state index contributed by atoms with van der Waals surface area (Å²) in [6.45, 7) is 5.08. The van der Waals surface area contributed by atoms with E-state index >= 15 is 0 Å². The first-order chi connectivity index (χ1) is 12.0. The number of amides is 2. The Morgan fingerprint density at radius 1 is 1.16 bits per heavy atom. The van der Waals surface area contributed by atoms with Gasteiger partial charge < -0.3 is 20.5 Å². The maximum atomic E-state index is 12.2. The number of urea groups is 1. The monoisotopic (exact) mass is 342 g/mol. The van der Waals surface area contributed by atoms with Crippen molar-refractivity contribution in [1.82, 2.24) is 5.32 Å². The molecule has 0 saturated heterocycles. The topological polar surface area (TPSA) is 70.6 Å². The molecule has 5 heteroatoms. The van der Waals surface area contributed by atoms with Crippen LogP contribution in [0.25, 0.3) is 10.8 Å². The molecule has 1 atom stereocenters. The summed E-state index contributed by atoms with van der Waals surface area (Å²) in [5.41, 5.74) is 3.48. The van der Waals surface area contributed by atoms with E-state index in [4.69, 9.17) is 4.74 Å². The molecule has 0 aromatic heterocycles. The van der Waals surface area contributed by atoms with Crippen LogP contribution in [-0.2, 0) is 17.6 Å². The zero-order valence-corrected chi connectivity index (χ0v) is 14.8. The molecule has 0 radical (unpaired) electrons. The van der Waals surface area contributed by atoms with Gasteiger partial charge in [-0.2, -0.15) is 0 Å². The summed E-state index contributed by atoms with van der Waals surface area (Å²) >= 11 is 0. The number of anilines is 1. The Bertz CT molecular complexity index is 748. The quantitative estimate of drug-likeness (QED) is 0.724. The van der Waals surface area contributed by atoms with E-state index in [9.17, 15) is 9.90 Å². The summed E-state index contributed by atoms with van der Waals surface area (Å²) in [6.07, 6.45) is 1.41. The number of aryl methyl sites for hydroxylation is 2. The molecule has 0 bridgehead atoms. The zero-order chi connectivity index (χ0) is 17.8. The van der Waals surface area contributed by atoms with Gasteiger partial charge in [0.1, 0.15) is 0 Å². The van der Waals surface area contributed by atoms with Crippen molar-refractivity contribution >= 4 is 22.5 Å². The fraction of sp³-hybridized carbons (Fsp3) is 0.450. The van der Waals surface area contributed by atoms with Gasteiger partial charge in [-0.25, -0.2) is 4.79 Å². The largest absolute Gasteiger partial charge is 0.389 e. The minimum atomic E-state index is -0.711. The lowest BCUT2D eigenvalue weighted by Crippen LogP contribution is -2.37. The van der Waals surface area contributed by atoms with Crippen LogP contribution >= 0.6 is 0 Å². The van der Waals surface area contributed by atoms with Crippen molar-refractivity contribution in [1.29, 1.82) is 0 Å². The van der Waals surface area contributed by atoms with Gasteiger partial charge in [-0.05, 0) is 41.3 Å². The third-order valence-corrected chi connectivity index (χ3v) is 4.38. The standard InChI is InChI=1S/C20H26N2O3/c1-13(2)11-25-12-16(23)10-21-20(24)22-18-9-8-15-7-6-14-4-3-5-17(18)19(14)15/h3-5,8-9,13,16,23H,6-7,10-12H2,1-2H3,(H2,21,22,24). The van der Waals surface area contributed by atoms with E-state index < -0.39 is 6.10 Å². The van der Waals surface area contributed by atoms with Gasteiger partial charge in [-0.1, -0.05) is 38.1 Å². The molecule has 0 spiro atoms. The van der Waals surface area contributed by atoms with Crippen LogP contribution in [0.3, 0.4) is 0 Å². The molecule has 134 valence electrons. The number of ether oxygens (including phenoxy) is 1. The highest BCUT2D eigenvalue weighted by Crippen LogP contribution is 2.34. The lowest BCUT2D eigenvalue weighted by Gasteiger charge is -2.15. The molecule has 2 aromatic carbocycles. The minimum absolute atomic E-state index is 0.158. The molecular formula is C20H26N2O3. The lowest BCUT2D eigenvalue weighted by atomic mass is 10.0. The molecule has 5 nitrogen and oxygen atoms in total. The van der Waals surface area contributed by atoms with E-state index in [-0.39, 0.29) is 19.2 Å². The normalized spacial score (nSPS) is 14.1. The third-order valence-electron chi connectivity index (χ3n) is 4.38. The summed E-state index contributed by atoms with van der Waals surface area (Å²) in [7, 11) is 0. The van der Waals surface area contributed by atoms with Crippen LogP contribution < -0.4 is 10.6 Å². The number of aliphatic hydroxyl groups excluding tert-OH is 1. The summed E-state index contributed by atoms with van der Waals surface area (Å²) in [5.74, 6) is 0.423. The van der Waals surface area contributed by atoms with Gasteiger partial charge >= 0.3 is 6.03 Å². The predicted octanol–water partition coefficient (Wildman–Crippen LogP) is 3.09. The van der Waals surface area contributed by atoms with Crippen LogP contribution in [0.15, 0.2) is 30.3 Å². The number of hydrogen-bond donors (Lipinski definition) is 3. The molecule has 0 aliphatic heterocycles. The molecule has 2 aromatic rings. The molecule has 0 heterocycles. The van der Waals surface area contributed by atoms with Crippen LogP contribution in [0.4, 0.5) is 10.5 Å². The molecule has 3 rings (SSSR count). The van der Waals surface area contributed by atoms with Crippen molar-refractivity contribution in [2.75, 3.05) is 25.1 Å². The van der Waals surface area contributed by atoms with Crippen LogP contribution in [0, 0.1) is 5.92 Å². The highest BCUT2D eigenvalue weighted by atomic mass is 16.5. The van der Waals surface area contributed by atoms with Crippen molar-refractivity contribution in [2.24, 2.45) is 5.92 Å². The van der Waals surface area contributed by atoms with E-state index in [1.165, 1.54) is 16.5 Å². The molecule has 1 unspecified atom stereocenters. The molecule has 3 N–H and O–H groups in total. The highest BCUT2D eigenvalue weighted by Gasteiger charge is 2.16. The fourth-order valence-electron chi connectivity index (χ4n) is 3.23. The van der Waals surface area contributed by atoms with E-state index in [1.807, 2.05) is 18.2 Å². The van der Waals surface area contributed by atoms with E-state index in [0.29, 0.717) is 12.5 Å². The number of benzene rings is 2. The average Bonchev–Trinajstić information content (AvgIpc) is 3.00. The van der Waals surface area contributed by atoms with Crippen LogP contribution in [-0.4, -0.2) is 37.0 Å². The van der Waals surface area contributed by atoms with Gasteiger partial charge in [0.05, 0.1) is 18.4 Å². The van der Waals surface area contributed by atoms with Crippen LogP contribution in [0.1, 0.15) is 25.0 Å². The Kier molecular flexibility index (Phi) is 5.56. The Hall–Kier alpha value is -2.11. The van der Waals surface area contributed by atoms with Gasteiger partial charge in [0.2, 0.25) is 0 Å². The Morgan fingerprint density at radius 2 is 1.92 bits per heavy atom. The number of carbonyl (C=O) groups is 1. The first kappa shape index (κ1) is 17.7. The summed E-state index contributed by atoms with van der Waals surface area (Å²) < 4.78 is 5.38. The van der Waals surface area contributed by atoms with Crippen LogP contribution in [0.5, 0.6) is 0 Å². The Labute approximate surface area is 148 Å². The second-order valence-corrected chi connectivity index (χ2v) is 7.03. The van der Waals surface area contributed by atoms with Gasteiger partial charge in [0.15, 0.2) is 0 Å². The lowest BCUT2D eigenvalue weighted by molar-refractivity contribution is 0.0274. The molecular weight excluding hydrogens is 316 g/mol. The Morgan fingerprint density at radius 3 is 2.68 bits per heavy atom. The smallest absolute Gasteiger partial charge is 0.319 e. The number of carbonyl (C=O) groups excluding carboxylic acids is 1. The average molecular weight is 342 g/mol. The molecule has 1 aliphatic carbocycles. The van der Waals surface area contributed by atoms with Crippen molar-refractivity contribution in [2.45, 2.75) is 32.8 Å². The third kappa shape index (κ3) is 4.30. The van der Waals surface area contributed by atoms with E-state index in [1.54, 1.807) is 0 Å². The first-order valence-electron chi connectivity index (χ1n) is 8.88. The maximum absolute atomic E-state index is 12.2. The Balaban J connectivity index is 1.56. The summed E-state index contributed by atoms with van der Waals surface area (Å²) in [5, 5.41) is 17.8. The van der Waals surface area contributed by atoms with Gasteiger partial charge in [-0.15, -0.1) is 0 Å². The summed E-state index contributed by atoms with van der Waals surface area (Å²) in [6, 6.07) is 9.94. The van der Waals surface area contributed by atoms with Crippen LogP contribution in [0.2, 0.25) is 0 Å². The van der Waals surface area contributed by atoms with Crippen molar-refractivity contribution in [3.63, 3.8) is 0 Å². The van der Waals surface area contributed by atoms with E-state index in [0.717, 1.165) is 23.9 Å². The van der Waals surface area contributed by atoms with Crippen molar-refractivity contribution in [3.05, 3.63) is 41.5 Å². The van der Waals surface area contributed by atoms with Gasteiger partial charge in [-0.3, -0.25) is 0 Å². The second kappa shape index (κ2) is 7.85. The first-order valence-corrected chi connectivity index (χ1v) is 8.88. The molecule has 2 amide bonds. The second-order valence-electron chi connectivity index (χ2n) is 7.03. The number of rotatable bonds is 7. The zero-order valence-electron chi connectivity index (χ0n) is 14.8. The number of nitrogens with one attached hydrogen (secondary N) is 2. The highest BCUT2D eigenvalue weighted by molar-refractivity contribution is 6.04. The van der Waals surface area contributed by atoms with Gasteiger partial charge in [0, 0.05) is 18.5 Å². The van der Waals surface area contributed by atoms with Crippen molar-refractivity contribution < 1.29 is 14.6 Å². The molecule has 1 aliphatic rings. The summed E-state index contributed by atoms with van der Waals surface area (Å²) in [4.78, 5) is 12.2. The number of hydrogen-bond acceptors (Lipinski definition) is 3. The molecule has 0 fully saturated rings. The minimum Gasteiger partial charge on any atom is -0.389 e. The number of aliphatic hydroxyl groups is 1. The predicted molar refractivity (Wildman–Crippen MR) is 100 cm³/mol. The SMILES string of the molecule is CC(C)COCC(O)CNC(=O)Nc1ccc2c3c(cccc13)CC2. The fourth-order valence-corrected chi connectivity index (χ4v) is 3.23. The molecule has 25 heavy (non-hydrogen) atoms. The maximum Gasteiger partial charge on any atom is 0.319 e. The van der Waals surface area contributed by atoms with Gasteiger partial charge in [0.25, 0.3) is 0 Å². The van der Waals surface area contributed by atoms with Crippen molar-refractivity contribution in [3.8, 4) is 0 Å². The molecule has 0 saturated carbocycles.